The summed E-state index contributed by atoms with van der Waals surface area (Å²) in [4.78, 5) is 14.1. The lowest BCUT2D eigenvalue weighted by Gasteiger charge is -2.24. The molecule has 0 saturated heterocycles. The molecule has 1 amide bonds. The maximum atomic E-state index is 12.9. The summed E-state index contributed by atoms with van der Waals surface area (Å²) in [5, 5.41) is 2.72. The van der Waals surface area contributed by atoms with Crippen molar-refractivity contribution in [2.75, 3.05) is 24.6 Å². The molecule has 0 heterocycles. The molecule has 0 fully saturated rings. The third-order valence-corrected chi connectivity index (χ3v) is 3.66. The minimum Gasteiger partial charge on any atom is -0.397 e. The molecule has 1 aromatic rings. The van der Waals surface area contributed by atoms with Crippen LogP contribution in [0, 0.1) is 5.82 Å². The number of benzene rings is 1. The van der Waals surface area contributed by atoms with E-state index in [2.05, 4.69) is 31.1 Å². The Balaban J connectivity index is 2.34. The predicted octanol–water partition coefficient (Wildman–Crippen LogP) is 3.25. The molecule has 0 radical (unpaired) electrons. The van der Waals surface area contributed by atoms with Gasteiger partial charge in [-0.1, -0.05) is 13.3 Å². The molecule has 5 heteroatoms. The number of hydrogen-bond acceptors (Lipinski definition) is 3. The Hall–Kier alpha value is -1.62. The van der Waals surface area contributed by atoms with E-state index in [9.17, 15) is 9.18 Å². The van der Waals surface area contributed by atoms with Crippen molar-refractivity contribution in [3.63, 3.8) is 0 Å². The van der Waals surface area contributed by atoms with Crippen LogP contribution in [0.25, 0.3) is 0 Å². The Labute approximate surface area is 126 Å². The number of carbonyl (C=O) groups is 1. The van der Waals surface area contributed by atoms with Crippen LogP contribution in [0.15, 0.2) is 18.2 Å². The van der Waals surface area contributed by atoms with Gasteiger partial charge in [-0.15, -0.1) is 0 Å². The van der Waals surface area contributed by atoms with Gasteiger partial charge in [-0.25, -0.2) is 4.39 Å². The summed E-state index contributed by atoms with van der Waals surface area (Å²) in [6.45, 7) is 5.25. The van der Waals surface area contributed by atoms with Crippen molar-refractivity contribution in [1.29, 1.82) is 0 Å². The number of hydrogen-bond donors (Lipinski definition) is 2. The highest BCUT2D eigenvalue weighted by Gasteiger charge is 2.10. The Morgan fingerprint density at radius 3 is 2.81 bits per heavy atom. The lowest BCUT2D eigenvalue weighted by Crippen LogP contribution is -2.30. The second-order valence-corrected chi connectivity index (χ2v) is 5.50. The molecule has 0 aliphatic rings. The molecular weight excluding hydrogens is 269 g/mol. The molecule has 0 spiro atoms. The van der Waals surface area contributed by atoms with Gasteiger partial charge in [0, 0.05) is 12.5 Å². The van der Waals surface area contributed by atoms with Crippen LogP contribution in [-0.2, 0) is 4.79 Å². The Bertz CT molecular complexity index is 465. The van der Waals surface area contributed by atoms with Crippen LogP contribution < -0.4 is 11.1 Å². The van der Waals surface area contributed by atoms with Crippen LogP contribution in [0.5, 0.6) is 0 Å². The number of halogens is 1. The third kappa shape index (κ3) is 6.12. The van der Waals surface area contributed by atoms with Gasteiger partial charge in [0.15, 0.2) is 0 Å². The first kappa shape index (κ1) is 17.4. The summed E-state index contributed by atoms with van der Waals surface area (Å²) < 4.78 is 12.9. The van der Waals surface area contributed by atoms with Crippen molar-refractivity contribution >= 4 is 17.3 Å². The summed E-state index contributed by atoms with van der Waals surface area (Å²) in [5.41, 5.74) is 6.37. The van der Waals surface area contributed by atoms with E-state index >= 15 is 0 Å². The number of nitrogens with one attached hydrogen (secondary N) is 1. The highest BCUT2D eigenvalue weighted by molar-refractivity contribution is 5.93. The van der Waals surface area contributed by atoms with E-state index in [0.717, 1.165) is 25.8 Å². The molecular formula is C16H26FN3O. The maximum absolute atomic E-state index is 12.9. The fourth-order valence-corrected chi connectivity index (χ4v) is 2.21. The lowest BCUT2D eigenvalue weighted by atomic mass is 10.1. The second-order valence-electron chi connectivity index (χ2n) is 5.50. The Kier molecular flexibility index (Phi) is 7.15. The van der Waals surface area contributed by atoms with Gasteiger partial charge in [0.25, 0.3) is 0 Å². The average molecular weight is 295 g/mol. The minimum absolute atomic E-state index is 0.0927. The summed E-state index contributed by atoms with van der Waals surface area (Å²) in [6, 6.07) is 4.51. The SMILES string of the molecule is CCCC(C)N(C)CCCC(=O)Nc1ccc(F)cc1N. The van der Waals surface area contributed by atoms with Gasteiger partial charge >= 0.3 is 0 Å². The van der Waals surface area contributed by atoms with E-state index in [1.165, 1.54) is 18.2 Å². The van der Waals surface area contributed by atoms with Gasteiger partial charge < -0.3 is 16.0 Å². The van der Waals surface area contributed by atoms with Crippen molar-refractivity contribution < 1.29 is 9.18 Å². The van der Waals surface area contributed by atoms with Crippen molar-refractivity contribution in [2.45, 2.75) is 45.6 Å². The van der Waals surface area contributed by atoms with Crippen molar-refractivity contribution in [3.8, 4) is 0 Å². The monoisotopic (exact) mass is 295 g/mol. The van der Waals surface area contributed by atoms with Crippen LogP contribution in [0.3, 0.4) is 0 Å². The molecule has 0 aliphatic carbocycles. The van der Waals surface area contributed by atoms with E-state index in [4.69, 9.17) is 5.73 Å². The van der Waals surface area contributed by atoms with E-state index in [0.29, 0.717) is 18.2 Å². The number of nitrogens with zero attached hydrogens (tertiary/aromatic N) is 1. The topological polar surface area (TPSA) is 58.4 Å². The molecule has 0 bridgehead atoms. The molecule has 0 aromatic heterocycles. The third-order valence-electron chi connectivity index (χ3n) is 3.66. The molecule has 1 rings (SSSR count). The zero-order valence-corrected chi connectivity index (χ0v) is 13.2. The van der Waals surface area contributed by atoms with Crippen LogP contribution in [0.4, 0.5) is 15.8 Å². The standard InChI is InChI=1S/C16H26FN3O/c1-4-6-12(2)20(3)10-5-7-16(21)19-15-9-8-13(17)11-14(15)18/h8-9,11-12H,4-7,10,18H2,1-3H3,(H,19,21). The molecule has 0 aliphatic heterocycles. The molecule has 3 N–H and O–H groups in total. The number of nitrogens with two attached hydrogens (primary N) is 1. The predicted molar refractivity (Wildman–Crippen MR) is 85.7 cm³/mol. The molecule has 118 valence electrons. The molecule has 1 aromatic carbocycles. The zero-order valence-electron chi connectivity index (χ0n) is 13.2. The van der Waals surface area contributed by atoms with E-state index in [1.807, 2.05) is 0 Å². The summed E-state index contributed by atoms with van der Waals surface area (Å²) in [5.74, 6) is -0.498. The van der Waals surface area contributed by atoms with Crippen LogP contribution in [0.1, 0.15) is 39.5 Å². The average Bonchev–Trinajstić information content (AvgIpc) is 2.42. The first-order chi connectivity index (χ1) is 9.93. The first-order valence-corrected chi connectivity index (χ1v) is 7.49. The fraction of sp³-hybridized carbons (Fsp3) is 0.562. The minimum atomic E-state index is -0.406. The summed E-state index contributed by atoms with van der Waals surface area (Å²) >= 11 is 0. The number of amides is 1. The van der Waals surface area contributed by atoms with Crippen molar-refractivity contribution in [3.05, 3.63) is 24.0 Å². The first-order valence-electron chi connectivity index (χ1n) is 7.49. The van der Waals surface area contributed by atoms with Gasteiger partial charge in [0.2, 0.25) is 5.91 Å². The normalized spacial score (nSPS) is 12.4. The van der Waals surface area contributed by atoms with E-state index in [-0.39, 0.29) is 11.6 Å². The maximum Gasteiger partial charge on any atom is 0.224 e. The smallest absolute Gasteiger partial charge is 0.224 e. The number of carbonyl (C=O) groups excluding carboxylic acids is 1. The molecule has 1 unspecified atom stereocenters. The van der Waals surface area contributed by atoms with Gasteiger partial charge in [-0.2, -0.15) is 0 Å². The highest BCUT2D eigenvalue weighted by Crippen LogP contribution is 2.19. The zero-order chi connectivity index (χ0) is 15.8. The summed E-state index contributed by atoms with van der Waals surface area (Å²) in [6.07, 6.45) is 3.54. The highest BCUT2D eigenvalue weighted by atomic mass is 19.1. The second kappa shape index (κ2) is 8.62. The Morgan fingerprint density at radius 2 is 2.19 bits per heavy atom. The molecule has 4 nitrogen and oxygen atoms in total. The van der Waals surface area contributed by atoms with Crippen LogP contribution in [-0.4, -0.2) is 30.4 Å². The molecule has 21 heavy (non-hydrogen) atoms. The van der Waals surface area contributed by atoms with E-state index < -0.39 is 5.82 Å². The van der Waals surface area contributed by atoms with Gasteiger partial charge in [0.1, 0.15) is 5.82 Å². The quantitative estimate of drug-likeness (QED) is 0.724. The van der Waals surface area contributed by atoms with Gasteiger partial charge in [-0.3, -0.25) is 4.79 Å². The van der Waals surface area contributed by atoms with Crippen molar-refractivity contribution in [2.24, 2.45) is 0 Å². The lowest BCUT2D eigenvalue weighted by molar-refractivity contribution is -0.116. The largest absolute Gasteiger partial charge is 0.397 e. The van der Waals surface area contributed by atoms with Gasteiger partial charge in [0.05, 0.1) is 11.4 Å². The molecule has 1 atom stereocenters. The van der Waals surface area contributed by atoms with Gasteiger partial charge in [-0.05, 0) is 51.6 Å². The van der Waals surface area contributed by atoms with E-state index in [1.54, 1.807) is 0 Å². The number of nitrogen functional groups attached to an aromatic ring is 1. The number of anilines is 2. The number of rotatable bonds is 8. The van der Waals surface area contributed by atoms with Crippen LogP contribution in [0.2, 0.25) is 0 Å². The fourth-order valence-electron chi connectivity index (χ4n) is 2.21. The summed E-state index contributed by atoms with van der Waals surface area (Å²) in [7, 11) is 2.08. The van der Waals surface area contributed by atoms with Crippen LogP contribution >= 0.6 is 0 Å². The van der Waals surface area contributed by atoms with Crippen molar-refractivity contribution in [1.82, 2.24) is 4.90 Å². The Morgan fingerprint density at radius 1 is 1.48 bits per heavy atom. The molecule has 0 saturated carbocycles.